The van der Waals surface area contributed by atoms with E-state index < -0.39 is 323 Å². The summed E-state index contributed by atoms with van der Waals surface area (Å²) in [6, 6.07) is -6.73. The highest BCUT2D eigenvalue weighted by Crippen LogP contribution is 2.41. The Bertz CT molecular complexity index is 2620. The van der Waals surface area contributed by atoms with Crippen LogP contribution in [0.15, 0.2) is 0 Å². The van der Waals surface area contributed by atoms with Gasteiger partial charge in [0.25, 0.3) is 5.79 Å². The largest absolute Gasteiger partial charge is 0.477 e. The molecule has 37 atom stereocenters. The zero-order valence-corrected chi connectivity index (χ0v) is 53.7. The third kappa shape index (κ3) is 19.0. The summed E-state index contributed by atoms with van der Waals surface area (Å²) >= 11 is 0. The standard InChI is InChI=1S/C55H92N4O42/c1-15(70)57-28-34(79)41(96-53-40(85)47(33(78)22(8-64)91-53)101-55(54(86)87)3-18(72)27(59-26(74)12-68)45(100-55)30(75)19(73)5-61)23(9-65)92-48(28)99-46-32(77)21(7-63)90-52(39(46)84)98-44-29(58-16(2)71)49(89-20(6-62)31(44)76)95-42-25(11-67)94-51(38(83)36(42)81)97-43-24(10-66)93-50(37(82)35(43)80)88-13-17(4-60)56-14-69/h14,17-25,27-53,60-68,72-73,75-85H,3-13H2,1-2H3,(H,56,69)(H,57,70)(H,58,71)(H,59,74)(H,86,87)/t17-,18+,19-,20-,21-,22-,23-,24-,25-,27-,28-,29-,30-,31+,32+,33+,34-,35-,36-,37-,38-,39-,40-,41-,42+,43-,44-,45-,46+,47+,48+,49+,50-,51+,52+,53+,55+/m1/s1. The van der Waals surface area contributed by atoms with Crippen molar-refractivity contribution in [3.8, 4) is 0 Å². The summed E-state index contributed by atoms with van der Waals surface area (Å²) in [4.78, 5) is 62.1. The monoisotopic (exact) mass is 1480 g/mol. The van der Waals surface area contributed by atoms with Crippen LogP contribution in [0.5, 0.6) is 0 Å². The highest BCUT2D eigenvalue weighted by atomic mass is 16.8. The number of ether oxygens (including phenoxy) is 14. The maximum absolute atomic E-state index is 13.1. The van der Waals surface area contributed by atoms with Gasteiger partial charge in [0.1, 0.15) is 171 Å². The maximum atomic E-state index is 13.1. The average Bonchev–Trinajstić information content (AvgIpc) is 0.755. The van der Waals surface area contributed by atoms with Crippen LogP contribution in [0.25, 0.3) is 0 Å². The molecule has 0 spiro atoms. The minimum Gasteiger partial charge on any atom is -0.477 e. The van der Waals surface area contributed by atoms with Crippen molar-refractivity contribution in [2.75, 3.05) is 66.1 Å². The van der Waals surface area contributed by atoms with E-state index >= 15 is 0 Å². The molecule has 7 heterocycles. The molecular formula is C55H92N4O42. The summed E-state index contributed by atoms with van der Waals surface area (Å²) in [5.74, 6) is -8.59. The van der Waals surface area contributed by atoms with E-state index in [1.165, 1.54) is 0 Å². The van der Waals surface area contributed by atoms with E-state index in [0.29, 0.717) is 0 Å². The number of aliphatic carboxylic acids is 1. The van der Waals surface area contributed by atoms with E-state index in [4.69, 9.17) is 66.3 Å². The van der Waals surface area contributed by atoms with Gasteiger partial charge in [0.05, 0.1) is 77.6 Å². The molecule has 0 radical (unpaired) electrons. The second kappa shape index (κ2) is 37.4. The van der Waals surface area contributed by atoms with Crippen molar-refractivity contribution in [2.24, 2.45) is 0 Å². The molecule has 7 fully saturated rings. The molecule has 7 rings (SSSR count). The van der Waals surface area contributed by atoms with Gasteiger partial charge < -0.3 is 205 Å². The number of aliphatic hydroxyl groups excluding tert-OH is 22. The number of amides is 4. The Labute approximate surface area is 570 Å². The van der Waals surface area contributed by atoms with Crippen LogP contribution in [0.1, 0.15) is 20.3 Å². The first kappa shape index (κ1) is 84.2. The molecule has 0 bridgehead atoms. The van der Waals surface area contributed by atoms with Crippen molar-refractivity contribution in [2.45, 2.75) is 247 Å². The van der Waals surface area contributed by atoms with Gasteiger partial charge in [-0.15, -0.1) is 0 Å². The Hall–Kier alpha value is -4.09. The Morgan fingerprint density at radius 2 is 0.871 bits per heavy atom. The Kier molecular flexibility index (Phi) is 31.2. The number of hydrogen-bond acceptors (Lipinski definition) is 41. The molecule has 0 aromatic heterocycles. The van der Waals surface area contributed by atoms with E-state index in [1.54, 1.807) is 0 Å². The predicted octanol–water partition coefficient (Wildman–Crippen LogP) is -18.5. The van der Waals surface area contributed by atoms with Crippen LogP contribution < -0.4 is 21.3 Å². The number of carbonyl (C=O) groups excluding carboxylic acids is 4. The van der Waals surface area contributed by atoms with E-state index in [2.05, 4.69) is 21.3 Å². The zero-order chi connectivity index (χ0) is 74.8. The van der Waals surface area contributed by atoms with E-state index in [1.807, 2.05) is 0 Å². The van der Waals surface area contributed by atoms with Gasteiger partial charge in [0.2, 0.25) is 24.1 Å². The Morgan fingerprint density at radius 1 is 0.465 bits per heavy atom. The van der Waals surface area contributed by atoms with Crippen LogP contribution in [-0.4, -0.2) is 440 Å². The van der Waals surface area contributed by atoms with Crippen LogP contribution in [0.2, 0.25) is 0 Å². The maximum Gasteiger partial charge on any atom is 0.364 e. The molecule has 0 aromatic carbocycles. The van der Waals surface area contributed by atoms with Crippen molar-refractivity contribution in [1.82, 2.24) is 21.3 Å². The predicted molar refractivity (Wildman–Crippen MR) is 309 cm³/mol. The van der Waals surface area contributed by atoms with Crippen molar-refractivity contribution in [1.29, 1.82) is 0 Å². The van der Waals surface area contributed by atoms with Gasteiger partial charge in [-0.3, -0.25) is 19.2 Å². The SMILES string of the molecule is CC(=O)N[C@H]1[C@H](O[C@H]2[C@@H](O)[C@@H](CO)O[C@@H](O[C@H]3[C@@H](O)[C@@H](CO)O[C@@H](O[C@@H]4[C@H](O)[C@@H](O)[C@H](O[C@H]5[C@H](O)[C@@H](O)[C@H](OC[C@@H](CO)NC=O)O[C@@H]5CO)O[C@@H]4CO)[C@@H]3NC(C)=O)[C@@H]2O)O[C@H](CO)[C@@H](O[C@@H]2O[C@H](CO)[C@H](O)[C@H](O[C@]3(C(=O)O)C[C@H](O)[C@@H](NC(=O)CO)[C@H]([C@H](O)[C@H](O)CO)O3)[C@H]2O)[C@@H]1O. The molecule has 0 unspecified atom stereocenters. The molecular weight excluding hydrogens is 1390 g/mol. The van der Waals surface area contributed by atoms with Crippen LogP contribution in [-0.2, 0) is 90.3 Å². The van der Waals surface area contributed by atoms with E-state index in [-0.39, 0.29) is 6.41 Å². The third-order valence-electron chi connectivity index (χ3n) is 17.8. The molecule has 0 aliphatic carbocycles. The highest BCUT2D eigenvalue weighted by molar-refractivity contribution is 5.78. The van der Waals surface area contributed by atoms with Crippen molar-refractivity contribution < 1.29 is 208 Å². The lowest BCUT2D eigenvalue weighted by Crippen LogP contribution is -2.71. The topological polar surface area (TPSA) is 728 Å². The van der Waals surface area contributed by atoms with Crippen LogP contribution in [0.4, 0.5) is 0 Å². The quantitative estimate of drug-likeness (QED) is 0.0278. The molecule has 7 aliphatic heterocycles. The number of rotatable bonds is 32. The fourth-order valence-corrected chi connectivity index (χ4v) is 12.5. The highest BCUT2D eigenvalue weighted by Gasteiger charge is 2.62. The lowest BCUT2D eigenvalue weighted by Gasteiger charge is -2.51. The van der Waals surface area contributed by atoms with Gasteiger partial charge in [-0.05, 0) is 0 Å². The fraction of sp³-hybridized carbons (Fsp3) is 0.909. The smallest absolute Gasteiger partial charge is 0.364 e. The Balaban J connectivity index is 1.09. The first-order valence-corrected chi connectivity index (χ1v) is 31.6. The molecule has 46 heteroatoms. The van der Waals surface area contributed by atoms with Gasteiger partial charge in [0, 0.05) is 20.3 Å². The van der Waals surface area contributed by atoms with Gasteiger partial charge in [-0.2, -0.15) is 0 Å². The molecule has 4 amide bonds. The van der Waals surface area contributed by atoms with Gasteiger partial charge in [-0.1, -0.05) is 0 Å². The molecule has 7 saturated heterocycles. The second-order valence-electron chi connectivity index (χ2n) is 24.7. The van der Waals surface area contributed by atoms with Gasteiger partial charge >= 0.3 is 5.97 Å². The average molecular weight is 1480 g/mol. The van der Waals surface area contributed by atoms with Crippen molar-refractivity contribution >= 4 is 30.1 Å². The molecule has 584 valence electrons. The minimum absolute atomic E-state index is 0.258. The molecule has 46 nitrogen and oxygen atoms in total. The first-order valence-electron chi connectivity index (χ1n) is 31.6. The molecule has 0 saturated carbocycles. The summed E-state index contributed by atoms with van der Waals surface area (Å²) in [7, 11) is 0. The lowest BCUT2D eigenvalue weighted by atomic mass is 9.88. The molecule has 27 N–H and O–H groups in total. The Morgan fingerprint density at radius 3 is 1.36 bits per heavy atom. The number of carboxylic acid groups (broad SMARTS) is 1. The zero-order valence-electron chi connectivity index (χ0n) is 53.7. The minimum atomic E-state index is -3.31. The normalized spacial score (nSPS) is 44.7. The van der Waals surface area contributed by atoms with E-state index in [0.717, 1.165) is 13.8 Å². The van der Waals surface area contributed by atoms with E-state index in [9.17, 15) is 141 Å². The van der Waals surface area contributed by atoms with Crippen LogP contribution >= 0.6 is 0 Å². The molecule has 101 heavy (non-hydrogen) atoms. The number of carbonyl (C=O) groups is 5. The third-order valence-corrected chi connectivity index (χ3v) is 17.8. The summed E-state index contributed by atoms with van der Waals surface area (Å²) in [6.45, 7) is -8.36. The summed E-state index contributed by atoms with van der Waals surface area (Å²) < 4.78 is 80.8. The van der Waals surface area contributed by atoms with Crippen molar-refractivity contribution in [3.05, 3.63) is 0 Å². The number of hydrogen-bond donors (Lipinski definition) is 27. The second-order valence-corrected chi connectivity index (χ2v) is 24.7. The number of carboxylic acids is 1. The molecule has 0 aromatic rings. The van der Waals surface area contributed by atoms with Gasteiger partial charge in [-0.25, -0.2) is 4.79 Å². The lowest BCUT2D eigenvalue weighted by molar-refractivity contribution is -0.391. The molecule has 7 aliphatic rings. The van der Waals surface area contributed by atoms with Gasteiger partial charge in [0.15, 0.2) is 37.7 Å². The summed E-state index contributed by atoms with van der Waals surface area (Å²) in [5, 5.41) is 259. The fourth-order valence-electron chi connectivity index (χ4n) is 12.5. The van der Waals surface area contributed by atoms with Crippen molar-refractivity contribution in [3.63, 3.8) is 0 Å². The first-order chi connectivity index (χ1) is 47.9. The summed E-state index contributed by atoms with van der Waals surface area (Å²) in [5.41, 5.74) is 0. The van der Waals surface area contributed by atoms with Crippen LogP contribution in [0.3, 0.4) is 0 Å². The number of aliphatic hydroxyl groups is 22. The summed E-state index contributed by atoms with van der Waals surface area (Å²) in [6.07, 6.45) is -68.1. The van der Waals surface area contributed by atoms with Crippen LogP contribution in [0, 0.1) is 0 Å². The number of nitrogens with one attached hydrogen (secondary N) is 4.